The van der Waals surface area contributed by atoms with E-state index in [2.05, 4.69) is 15.7 Å². The van der Waals surface area contributed by atoms with Crippen molar-refractivity contribution >= 4 is 28.9 Å². The van der Waals surface area contributed by atoms with E-state index in [1.54, 1.807) is 13.0 Å². The predicted octanol–water partition coefficient (Wildman–Crippen LogP) is 2.86. The molecule has 8 heteroatoms. The summed E-state index contributed by atoms with van der Waals surface area (Å²) in [5.41, 5.74) is 3.10. The molecular formula is C13H11ClF2N4O. The molecule has 1 aromatic heterocycles. The fourth-order valence-corrected chi connectivity index (χ4v) is 1.94. The summed E-state index contributed by atoms with van der Waals surface area (Å²) in [6.07, 6.45) is 1.29. The van der Waals surface area contributed by atoms with Crippen molar-refractivity contribution < 1.29 is 13.6 Å². The van der Waals surface area contributed by atoms with Crippen LogP contribution in [-0.4, -0.2) is 10.9 Å². The van der Waals surface area contributed by atoms with Crippen LogP contribution in [-0.2, 0) is 0 Å². The zero-order chi connectivity index (χ0) is 15.6. The van der Waals surface area contributed by atoms with Crippen LogP contribution in [0.25, 0.3) is 0 Å². The minimum absolute atomic E-state index is 0.0999. The van der Waals surface area contributed by atoms with Crippen LogP contribution in [0.1, 0.15) is 16.1 Å². The first-order valence-corrected chi connectivity index (χ1v) is 6.19. The topological polar surface area (TPSA) is 80.0 Å². The summed E-state index contributed by atoms with van der Waals surface area (Å²) in [6.45, 7) is 1.72. The second kappa shape index (κ2) is 6.02. The lowest BCUT2D eigenvalue weighted by molar-refractivity contribution is 0.102. The number of nitrogens with zero attached hydrogens (tertiary/aromatic N) is 1. The van der Waals surface area contributed by atoms with E-state index in [1.165, 1.54) is 6.20 Å². The average Bonchev–Trinajstić information content (AvgIpc) is 2.42. The molecule has 0 aliphatic carbocycles. The molecule has 0 spiro atoms. The molecule has 0 aliphatic rings. The van der Waals surface area contributed by atoms with Gasteiger partial charge in [-0.1, -0.05) is 11.6 Å². The van der Waals surface area contributed by atoms with Crippen LogP contribution in [0, 0.1) is 18.6 Å². The summed E-state index contributed by atoms with van der Waals surface area (Å²) >= 11 is 5.71. The number of hydrogen-bond acceptors (Lipinski definition) is 4. The highest BCUT2D eigenvalue weighted by Gasteiger charge is 2.17. The van der Waals surface area contributed by atoms with Crippen molar-refractivity contribution in [1.82, 2.24) is 4.98 Å². The van der Waals surface area contributed by atoms with E-state index in [-0.39, 0.29) is 16.3 Å². The molecule has 1 heterocycles. The monoisotopic (exact) mass is 312 g/mol. The number of hydrogen-bond donors (Lipinski definition) is 3. The van der Waals surface area contributed by atoms with Crippen LogP contribution in [0.2, 0.25) is 5.02 Å². The summed E-state index contributed by atoms with van der Waals surface area (Å²) in [6, 6.07) is 3.07. The number of benzene rings is 1. The number of pyridine rings is 1. The SMILES string of the molecule is Cc1cc(NN)c(C(=O)Nc2c(F)cc(F)cc2Cl)cn1. The standard InChI is InChI=1S/C13H11ClF2N4O/c1-6-2-11(20-17)8(5-18-6)13(21)19-12-9(14)3-7(15)4-10(12)16/h2-5H,17H2,1H3,(H,18,20)(H,19,21). The van der Waals surface area contributed by atoms with E-state index in [4.69, 9.17) is 17.4 Å². The molecule has 0 unspecified atom stereocenters. The summed E-state index contributed by atoms with van der Waals surface area (Å²) in [5.74, 6) is 2.83. The van der Waals surface area contributed by atoms with Crippen molar-refractivity contribution in [2.24, 2.45) is 5.84 Å². The second-order valence-electron chi connectivity index (χ2n) is 4.21. The molecule has 0 fully saturated rings. The zero-order valence-electron chi connectivity index (χ0n) is 10.9. The summed E-state index contributed by atoms with van der Waals surface area (Å²) < 4.78 is 26.6. The van der Waals surface area contributed by atoms with Crippen LogP contribution >= 0.6 is 11.6 Å². The number of aryl methyl sites for hydroxylation is 1. The number of nitrogens with one attached hydrogen (secondary N) is 2. The Morgan fingerprint density at radius 1 is 1.33 bits per heavy atom. The lowest BCUT2D eigenvalue weighted by Gasteiger charge is -2.11. The molecule has 0 saturated heterocycles. The van der Waals surface area contributed by atoms with Crippen molar-refractivity contribution in [2.75, 3.05) is 10.7 Å². The Labute approximate surface area is 124 Å². The van der Waals surface area contributed by atoms with E-state index in [1.807, 2.05) is 0 Å². The highest BCUT2D eigenvalue weighted by Crippen LogP contribution is 2.27. The molecule has 4 N–H and O–H groups in total. The van der Waals surface area contributed by atoms with Gasteiger partial charge in [0.2, 0.25) is 0 Å². The van der Waals surface area contributed by atoms with E-state index in [0.717, 1.165) is 6.07 Å². The number of anilines is 2. The molecule has 1 amide bonds. The van der Waals surface area contributed by atoms with Gasteiger partial charge in [-0.2, -0.15) is 0 Å². The Bertz CT molecular complexity index is 686. The molecule has 0 atom stereocenters. The number of carbonyl (C=O) groups excluding carboxylic acids is 1. The second-order valence-corrected chi connectivity index (χ2v) is 4.62. The van der Waals surface area contributed by atoms with Gasteiger partial charge in [-0.15, -0.1) is 0 Å². The maximum atomic E-state index is 13.6. The lowest BCUT2D eigenvalue weighted by Crippen LogP contribution is -2.18. The van der Waals surface area contributed by atoms with Crippen molar-refractivity contribution in [3.05, 3.63) is 52.3 Å². The molecule has 2 rings (SSSR count). The molecule has 21 heavy (non-hydrogen) atoms. The number of halogens is 3. The predicted molar refractivity (Wildman–Crippen MR) is 76.1 cm³/mol. The van der Waals surface area contributed by atoms with Crippen molar-refractivity contribution in [3.8, 4) is 0 Å². The molecular weight excluding hydrogens is 302 g/mol. The quantitative estimate of drug-likeness (QED) is 0.601. The average molecular weight is 313 g/mol. The Kier molecular flexibility index (Phi) is 4.35. The van der Waals surface area contributed by atoms with Crippen LogP contribution in [0.3, 0.4) is 0 Å². The Hall–Kier alpha value is -2.25. The summed E-state index contributed by atoms with van der Waals surface area (Å²) in [5, 5.41) is 2.02. The van der Waals surface area contributed by atoms with Gasteiger partial charge < -0.3 is 10.7 Å². The number of hydrazine groups is 1. The number of rotatable bonds is 3. The normalized spacial score (nSPS) is 10.3. The highest BCUT2D eigenvalue weighted by molar-refractivity contribution is 6.34. The van der Waals surface area contributed by atoms with E-state index in [0.29, 0.717) is 17.4 Å². The fraction of sp³-hybridized carbons (Fsp3) is 0.0769. The minimum atomic E-state index is -0.976. The maximum absolute atomic E-state index is 13.6. The maximum Gasteiger partial charge on any atom is 0.259 e. The largest absolute Gasteiger partial charge is 0.323 e. The number of carbonyl (C=O) groups is 1. The molecule has 0 saturated carbocycles. The van der Waals surface area contributed by atoms with Gasteiger partial charge in [0.1, 0.15) is 5.82 Å². The van der Waals surface area contributed by atoms with Crippen LogP contribution < -0.4 is 16.6 Å². The zero-order valence-corrected chi connectivity index (χ0v) is 11.6. The Morgan fingerprint density at radius 3 is 2.67 bits per heavy atom. The van der Waals surface area contributed by atoms with Crippen LogP contribution in [0.4, 0.5) is 20.2 Å². The van der Waals surface area contributed by atoms with Crippen molar-refractivity contribution in [2.45, 2.75) is 6.92 Å². The summed E-state index contributed by atoms with van der Waals surface area (Å²) in [4.78, 5) is 16.1. The summed E-state index contributed by atoms with van der Waals surface area (Å²) in [7, 11) is 0. The Balaban J connectivity index is 2.35. The Morgan fingerprint density at radius 2 is 2.05 bits per heavy atom. The number of amides is 1. The van der Waals surface area contributed by atoms with Gasteiger partial charge in [0, 0.05) is 18.0 Å². The molecule has 1 aromatic carbocycles. The van der Waals surface area contributed by atoms with Crippen LogP contribution in [0.15, 0.2) is 24.4 Å². The first-order chi connectivity index (χ1) is 9.92. The van der Waals surface area contributed by atoms with E-state index >= 15 is 0 Å². The third-order valence-electron chi connectivity index (χ3n) is 2.69. The number of nitrogens with two attached hydrogens (primary N) is 1. The van der Waals surface area contributed by atoms with Gasteiger partial charge >= 0.3 is 0 Å². The van der Waals surface area contributed by atoms with E-state index in [9.17, 15) is 13.6 Å². The smallest absolute Gasteiger partial charge is 0.259 e. The lowest BCUT2D eigenvalue weighted by atomic mass is 10.2. The third-order valence-corrected chi connectivity index (χ3v) is 2.98. The van der Waals surface area contributed by atoms with Gasteiger partial charge in [0.15, 0.2) is 5.82 Å². The van der Waals surface area contributed by atoms with Crippen molar-refractivity contribution in [1.29, 1.82) is 0 Å². The van der Waals surface area contributed by atoms with Crippen molar-refractivity contribution in [3.63, 3.8) is 0 Å². The third kappa shape index (κ3) is 3.26. The first-order valence-electron chi connectivity index (χ1n) is 5.81. The molecule has 0 bridgehead atoms. The molecule has 0 radical (unpaired) electrons. The first kappa shape index (κ1) is 15.1. The van der Waals surface area contributed by atoms with Crippen LogP contribution in [0.5, 0.6) is 0 Å². The van der Waals surface area contributed by atoms with Gasteiger partial charge in [0.25, 0.3) is 5.91 Å². The molecule has 5 nitrogen and oxygen atoms in total. The van der Waals surface area contributed by atoms with E-state index < -0.39 is 17.5 Å². The number of nitrogen functional groups attached to an aromatic ring is 1. The number of aromatic nitrogens is 1. The van der Waals surface area contributed by atoms with Gasteiger partial charge in [-0.05, 0) is 19.1 Å². The van der Waals surface area contributed by atoms with Gasteiger partial charge in [-0.25, -0.2) is 8.78 Å². The van der Waals surface area contributed by atoms with Gasteiger partial charge in [-0.3, -0.25) is 15.6 Å². The molecule has 110 valence electrons. The molecule has 0 aliphatic heterocycles. The molecule has 2 aromatic rings. The fourth-order valence-electron chi connectivity index (χ4n) is 1.70. The minimum Gasteiger partial charge on any atom is -0.323 e. The van der Waals surface area contributed by atoms with Gasteiger partial charge in [0.05, 0.1) is 22.0 Å². The highest BCUT2D eigenvalue weighted by atomic mass is 35.5.